The third-order valence-corrected chi connectivity index (χ3v) is 3.21. The minimum absolute atomic E-state index is 0. The summed E-state index contributed by atoms with van der Waals surface area (Å²) < 4.78 is 0. The molecular weight excluding hydrogens is 423 g/mol. The number of nitrogens with one attached hydrogen (secondary N) is 3. The summed E-state index contributed by atoms with van der Waals surface area (Å²) in [6, 6.07) is 7.97. The molecule has 132 valence electrons. The zero-order valence-electron chi connectivity index (χ0n) is 14.6. The van der Waals surface area contributed by atoms with Crippen LogP contribution in [0.15, 0.2) is 29.3 Å². The predicted octanol–water partition coefficient (Wildman–Crippen LogP) is 3.44. The lowest BCUT2D eigenvalue weighted by Gasteiger charge is -2.20. The summed E-state index contributed by atoms with van der Waals surface area (Å²) in [7, 11) is 0. The molecule has 0 aliphatic carbocycles. The lowest BCUT2D eigenvalue weighted by molar-refractivity contribution is 0.432. The van der Waals surface area contributed by atoms with Crippen LogP contribution in [0.1, 0.15) is 33.3 Å². The van der Waals surface area contributed by atoms with Crippen molar-refractivity contribution in [1.29, 1.82) is 0 Å². The summed E-state index contributed by atoms with van der Waals surface area (Å²) in [4.78, 5) is 4.57. The molecule has 0 atom stereocenters. The maximum Gasteiger partial charge on any atom is 0.191 e. The van der Waals surface area contributed by atoms with Gasteiger partial charge in [-0.3, -0.25) is 4.99 Å². The van der Waals surface area contributed by atoms with E-state index in [0.29, 0.717) is 0 Å². The predicted molar refractivity (Wildman–Crippen MR) is 112 cm³/mol. The molecule has 0 bridgehead atoms. The molecule has 4 nitrogen and oxygen atoms in total. The van der Waals surface area contributed by atoms with Gasteiger partial charge in [0.15, 0.2) is 5.96 Å². The largest absolute Gasteiger partial charge is 0.357 e. The molecule has 0 radical (unpaired) electrons. The van der Waals surface area contributed by atoms with E-state index >= 15 is 0 Å². The highest BCUT2D eigenvalue weighted by Gasteiger charge is 2.07. The average molecular weight is 453 g/mol. The molecule has 0 saturated carbocycles. The zero-order chi connectivity index (χ0) is 16.4. The molecule has 0 spiro atoms. The molecule has 23 heavy (non-hydrogen) atoms. The van der Waals surface area contributed by atoms with Crippen molar-refractivity contribution in [1.82, 2.24) is 16.0 Å². The van der Waals surface area contributed by atoms with Crippen molar-refractivity contribution in [2.45, 2.75) is 39.7 Å². The molecule has 0 saturated heterocycles. The summed E-state index contributed by atoms with van der Waals surface area (Å²) in [5.41, 5.74) is 1.36. The number of aliphatic imine (C=N–C) groups is 1. The van der Waals surface area contributed by atoms with E-state index in [-0.39, 0.29) is 29.5 Å². The highest BCUT2D eigenvalue weighted by Crippen LogP contribution is 2.10. The van der Waals surface area contributed by atoms with E-state index in [1.54, 1.807) is 0 Å². The van der Waals surface area contributed by atoms with E-state index in [9.17, 15) is 0 Å². The summed E-state index contributed by atoms with van der Waals surface area (Å²) in [6.45, 7) is 11.9. The van der Waals surface area contributed by atoms with Crippen molar-refractivity contribution in [3.8, 4) is 0 Å². The Balaban J connectivity index is 0.00000484. The first-order valence-corrected chi connectivity index (χ1v) is 8.30. The van der Waals surface area contributed by atoms with E-state index in [1.165, 1.54) is 5.56 Å². The maximum atomic E-state index is 5.99. The first-order valence-electron chi connectivity index (χ1n) is 7.92. The smallest absolute Gasteiger partial charge is 0.191 e. The molecule has 0 aromatic heterocycles. The minimum atomic E-state index is 0. The van der Waals surface area contributed by atoms with E-state index in [0.717, 1.165) is 43.6 Å². The maximum absolute atomic E-state index is 5.99. The molecule has 0 amide bonds. The fourth-order valence-corrected chi connectivity index (χ4v) is 2.17. The van der Waals surface area contributed by atoms with Crippen LogP contribution in [-0.4, -0.2) is 37.7 Å². The molecule has 0 heterocycles. The summed E-state index contributed by atoms with van der Waals surface area (Å²) in [5.74, 6) is 0.861. The third kappa shape index (κ3) is 11.6. The standard InChI is InChI=1S/C17H29ClN4.HI/c1-5-19-16(21-11-12-22-17(2,3)4)20-10-9-14-7-6-8-15(18)13-14;/h6-8,13,22H,5,9-12H2,1-4H3,(H2,19,20,21);1H. The van der Waals surface area contributed by atoms with Gasteiger partial charge in [0.2, 0.25) is 0 Å². The topological polar surface area (TPSA) is 48.5 Å². The second-order valence-electron chi connectivity index (χ2n) is 6.24. The molecule has 1 aromatic rings. The first kappa shape index (κ1) is 22.5. The lowest BCUT2D eigenvalue weighted by Crippen LogP contribution is -2.40. The summed E-state index contributed by atoms with van der Waals surface area (Å²) in [5, 5.41) is 10.8. The van der Waals surface area contributed by atoms with Crippen LogP contribution in [0, 0.1) is 0 Å². The number of halogens is 2. The van der Waals surface area contributed by atoms with Crippen LogP contribution in [0.25, 0.3) is 0 Å². The number of rotatable bonds is 7. The Morgan fingerprint density at radius 1 is 1.17 bits per heavy atom. The Labute approximate surface area is 162 Å². The molecule has 0 fully saturated rings. The molecule has 0 unspecified atom stereocenters. The van der Waals surface area contributed by atoms with Gasteiger partial charge < -0.3 is 16.0 Å². The molecule has 0 aliphatic rings. The second kappa shape index (κ2) is 11.9. The molecular formula is C17H30ClIN4. The Morgan fingerprint density at radius 2 is 1.91 bits per heavy atom. The van der Waals surface area contributed by atoms with Crippen LogP contribution in [-0.2, 0) is 6.42 Å². The monoisotopic (exact) mass is 452 g/mol. The van der Waals surface area contributed by atoms with E-state index in [2.05, 4.69) is 54.7 Å². The van der Waals surface area contributed by atoms with Gasteiger partial charge >= 0.3 is 0 Å². The van der Waals surface area contributed by atoms with Gasteiger partial charge in [0.1, 0.15) is 0 Å². The Bertz CT molecular complexity index is 472. The first-order chi connectivity index (χ1) is 10.4. The summed E-state index contributed by atoms with van der Waals surface area (Å²) >= 11 is 5.99. The molecule has 3 N–H and O–H groups in total. The average Bonchev–Trinajstić information content (AvgIpc) is 2.42. The Kier molecular flexibility index (Phi) is 11.6. The minimum Gasteiger partial charge on any atom is -0.357 e. The SMILES string of the molecule is CCNC(=NCCNC(C)(C)C)NCCc1cccc(Cl)c1.I. The fourth-order valence-electron chi connectivity index (χ4n) is 1.96. The van der Waals surface area contributed by atoms with Crippen LogP contribution in [0.5, 0.6) is 0 Å². The highest BCUT2D eigenvalue weighted by molar-refractivity contribution is 14.0. The van der Waals surface area contributed by atoms with Crippen molar-refractivity contribution in [3.05, 3.63) is 34.9 Å². The van der Waals surface area contributed by atoms with E-state index < -0.39 is 0 Å². The van der Waals surface area contributed by atoms with Crippen LogP contribution < -0.4 is 16.0 Å². The third-order valence-electron chi connectivity index (χ3n) is 2.98. The molecule has 1 rings (SSSR count). The van der Waals surface area contributed by atoms with Crippen LogP contribution in [0.4, 0.5) is 0 Å². The van der Waals surface area contributed by atoms with Gasteiger partial charge in [-0.1, -0.05) is 23.7 Å². The van der Waals surface area contributed by atoms with Gasteiger partial charge in [0.25, 0.3) is 0 Å². The van der Waals surface area contributed by atoms with E-state index in [4.69, 9.17) is 11.6 Å². The number of nitrogens with zero attached hydrogens (tertiary/aromatic N) is 1. The van der Waals surface area contributed by atoms with Crippen LogP contribution in [0.2, 0.25) is 5.02 Å². The van der Waals surface area contributed by atoms with Gasteiger partial charge in [0.05, 0.1) is 6.54 Å². The fraction of sp³-hybridized carbons (Fsp3) is 0.588. The molecule has 1 aromatic carbocycles. The zero-order valence-corrected chi connectivity index (χ0v) is 17.7. The van der Waals surface area contributed by atoms with Crippen LogP contribution in [0.3, 0.4) is 0 Å². The summed E-state index contributed by atoms with van der Waals surface area (Å²) in [6.07, 6.45) is 0.922. The normalized spacial score (nSPS) is 11.8. The van der Waals surface area contributed by atoms with Gasteiger partial charge in [-0.2, -0.15) is 0 Å². The number of hydrogen-bond acceptors (Lipinski definition) is 2. The van der Waals surface area contributed by atoms with Crippen molar-refractivity contribution in [3.63, 3.8) is 0 Å². The number of benzene rings is 1. The molecule has 0 aliphatic heterocycles. The van der Waals surface area contributed by atoms with Gasteiger partial charge in [-0.25, -0.2) is 0 Å². The van der Waals surface area contributed by atoms with Crippen molar-refractivity contribution in [2.24, 2.45) is 4.99 Å². The van der Waals surface area contributed by atoms with Gasteiger partial charge in [-0.15, -0.1) is 24.0 Å². The lowest BCUT2D eigenvalue weighted by atomic mass is 10.1. The van der Waals surface area contributed by atoms with Gasteiger partial charge in [-0.05, 0) is 51.8 Å². The number of guanidine groups is 1. The van der Waals surface area contributed by atoms with Crippen LogP contribution >= 0.6 is 35.6 Å². The van der Waals surface area contributed by atoms with Crippen molar-refractivity contribution < 1.29 is 0 Å². The Hall–Kier alpha value is -0.530. The number of hydrogen-bond donors (Lipinski definition) is 3. The van der Waals surface area contributed by atoms with Crippen molar-refractivity contribution >= 4 is 41.5 Å². The second-order valence-corrected chi connectivity index (χ2v) is 6.68. The Morgan fingerprint density at radius 3 is 2.52 bits per heavy atom. The van der Waals surface area contributed by atoms with Gasteiger partial charge in [0, 0.05) is 30.2 Å². The highest BCUT2D eigenvalue weighted by atomic mass is 127. The van der Waals surface area contributed by atoms with E-state index in [1.807, 2.05) is 18.2 Å². The quantitative estimate of drug-likeness (QED) is 0.257. The molecule has 6 heteroatoms. The van der Waals surface area contributed by atoms with Crippen molar-refractivity contribution in [2.75, 3.05) is 26.2 Å².